The summed E-state index contributed by atoms with van der Waals surface area (Å²) < 4.78 is 46.1. The van der Waals surface area contributed by atoms with Crippen LogP contribution in [0.2, 0.25) is 0 Å². The second kappa shape index (κ2) is 11.1. The van der Waals surface area contributed by atoms with Crippen molar-refractivity contribution in [2.75, 3.05) is 13.7 Å². The van der Waals surface area contributed by atoms with Gasteiger partial charge < -0.3 is 10.1 Å². The third-order valence-electron chi connectivity index (χ3n) is 6.89. The number of carbonyl (C=O) groups is 1. The van der Waals surface area contributed by atoms with E-state index >= 15 is 0 Å². The quantitative estimate of drug-likeness (QED) is 0.511. The van der Waals surface area contributed by atoms with Crippen molar-refractivity contribution >= 4 is 5.91 Å². The summed E-state index contributed by atoms with van der Waals surface area (Å²) in [5.74, 6) is -0.445. The van der Waals surface area contributed by atoms with Crippen LogP contribution in [0.1, 0.15) is 68.1 Å². The van der Waals surface area contributed by atoms with Gasteiger partial charge in [0, 0.05) is 18.7 Å². The zero-order valence-corrected chi connectivity index (χ0v) is 20.7. The Balaban J connectivity index is 1.89. The fraction of sp³-hybridized carbons (Fsp3) is 0.577. The molecule has 1 atom stereocenters. The van der Waals surface area contributed by atoms with Crippen molar-refractivity contribution in [3.63, 3.8) is 0 Å². The van der Waals surface area contributed by atoms with Gasteiger partial charge in [0.2, 0.25) is 0 Å². The van der Waals surface area contributed by atoms with E-state index in [1.165, 1.54) is 7.11 Å². The summed E-state index contributed by atoms with van der Waals surface area (Å²) in [6.07, 6.45) is -0.0492. The van der Waals surface area contributed by atoms with E-state index in [1.54, 1.807) is 22.9 Å². The highest BCUT2D eigenvalue weighted by molar-refractivity contribution is 5.97. The predicted molar refractivity (Wildman–Crippen MR) is 127 cm³/mol. The molecule has 1 N–H and O–H groups in total. The minimum Gasteiger partial charge on any atom is -0.496 e. The summed E-state index contributed by atoms with van der Waals surface area (Å²) in [7, 11) is 1.42. The molecule has 0 saturated heterocycles. The Bertz CT molecular complexity index is 1080. The summed E-state index contributed by atoms with van der Waals surface area (Å²) in [5, 5.41) is 17.3. The van der Waals surface area contributed by atoms with Crippen molar-refractivity contribution < 1.29 is 22.7 Å². The molecule has 35 heavy (non-hydrogen) atoms. The molecule has 0 bridgehead atoms. The molecule has 190 valence electrons. The van der Waals surface area contributed by atoms with Crippen LogP contribution in [-0.4, -0.2) is 35.5 Å². The van der Waals surface area contributed by atoms with Crippen LogP contribution >= 0.6 is 0 Å². The number of carbonyl (C=O) groups excluding carboxylic acids is 1. The van der Waals surface area contributed by atoms with Gasteiger partial charge in [-0.2, -0.15) is 23.5 Å². The maximum absolute atomic E-state index is 13.0. The van der Waals surface area contributed by atoms with Gasteiger partial charge in [0.15, 0.2) is 5.69 Å². The van der Waals surface area contributed by atoms with Crippen molar-refractivity contribution in [1.82, 2.24) is 15.1 Å². The first-order valence-electron chi connectivity index (χ1n) is 12.1. The summed E-state index contributed by atoms with van der Waals surface area (Å²) in [6.45, 7) is 6.16. The summed E-state index contributed by atoms with van der Waals surface area (Å²) >= 11 is 0. The lowest BCUT2D eigenvalue weighted by Gasteiger charge is -2.26. The molecule has 1 fully saturated rings. The molecule has 3 rings (SSSR count). The third kappa shape index (κ3) is 6.16. The van der Waals surface area contributed by atoms with Gasteiger partial charge in [-0.1, -0.05) is 32.8 Å². The van der Waals surface area contributed by atoms with Crippen molar-refractivity contribution in [1.29, 1.82) is 5.26 Å². The van der Waals surface area contributed by atoms with Gasteiger partial charge in [0.1, 0.15) is 17.4 Å². The molecule has 1 saturated carbocycles. The second-order valence-corrected chi connectivity index (χ2v) is 9.52. The molecule has 1 unspecified atom stereocenters. The minimum atomic E-state index is -4.29. The lowest BCUT2D eigenvalue weighted by molar-refractivity contribution is -0.169. The molecule has 1 aromatic heterocycles. The van der Waals surface area contributed by atoms with Gasteiger partial charge in [-0.15, -0.1) is 0 Å². The fourth-order valence-corrected chi connectivity index (χ4v) is 4.61. The maximum atomic E-state index is 13.0. The van der Waals surface area contributed by atoms with Crippen LogP contribution in [0, 0.1) is 29.1 Å². The van der Waals surface area contributed by atoms with Crippen LogP contribution in [-0.2, 0) is 13.0 Å². The summed E-state index contributed by atoms with van der Waals surface area (Å²) in [4.78, 5) is 13.0. The van der Waals surface area contributed by atoms with Crippen molar-refractivity contribution in [2.45, 2.75) is 65.6 Å². The van der Waals surface area contributed by atoms with Gasteiger partial charge in [-0.05, 0) is 55.7 Å². The van der Waals surface area contributed by atoms with Crippen molar-refractivity contribution in [2.24, 2.45) is 17.8 Å². The number of amides is 1. The SMILES string of the molecule is CCn1nc(C(=O)NCC2CCC(C)CC2)c(C#N)c1-c1ccc(CC(C)C(F)(F)F)cc1OC. The Morgan fingerprint density at radius 3 is 2.57 bits per heavy atom. The number of methoxy groups -OCH3 is 1. The Kier molecular flexibility index (Phi) is 8.47. The molecule has 1 amide bonds. The van der Waals surface area contributed by atoms with Crippen LogP contribution in [0.15, 0.2) is 18.2 Å². The largest absolute Gasteiger partial charge is 0.496 e. The number of hydrogen-bond donors (Lipinski definition) is 1. The van der Waals surface area contributed by atoms with Crippen LogP contribution < -0.4 is 10.1 Å². The first kappa shape index (κ1) is 26.6. The molecule has 2 aromatic rings. The summed E-state index contributed by atoms with van der Waals surface area (Å²) in [5.41, 5.74) is 1.55. The minimum absolute atomic E-state index is 0.0466. The monoisotopic (exact) mass is 490 g/mol. The Morgan fingerprint density at radius 1 is 1.31 bits per heavy atom. The average molecular weight is 491 g/mol. The number of nitriles is 1. The van der Waals surface area contributed by atoms with Gasteiger partial charge >= 0.3 is 6.18 Å². The van der Waals surface area contributed by atoms with E-state index < -0.39 is 18.0 Å². The van der Waals surface area contributed by atoms with Crippen LogP contribution in [0.4, 0.5) is 13.2 Å². The molecule has 1 aliphatic rings. The highest BCUT2D eigenvalue weighted by atomic mass is 19.4. The van der Waals surface area contributed by atoms with Gasteiger partial charge in [0.05, 0.1) is 18.7 Å². The zero-order valence-electron chi connectivity index (χ0n) is 20.7. The predicted octanol–water partition coefficient (Wildman–Crippen LogP) is 5.75. The number of alkyl halides is 3. The average Bonchev–Trinajstić information content (AvgIpc) is 3.21. The number of ether oxygens (including phenoxy) is 1. The van der Waals surface area contributed by atoms with Crippen molar-refractivity contribution in [3.8, 4) is 23.1 Å². The zero-order chi connectivity index (χ0) is 25.8. The molecule has 0 radical (unpaired) electrons. The molecule has 9 heteroatoms. The van der Waals surface area contributed by atoms with E-state index in [0.717, 1.165) is 32.6 Å². The highest BCUT2D eigenvalue weighted by Crippen LogP contribution is 2.36. The van der Waals surface area contributed by atoms with Gasteiger partial charge in [-0.25, -0.2) is 0 Å². The van der Waals surface area contributed by atoms with E-state index in [1.807, 2.05) is 6.92 Å². The van der Waals surface area contributed by atoms with Crippen molar-refractivity contribution in [3.05, 3.63) is 35.0 Å². The first-order valence-corrected chi connectivity index (χ1v) is 12.1. The molecule has 6 nitrogen and oxygen atoms in total. The molecular formula is C26H33F3N4O2. The fourth-order valence-electron chi connectivity index (χ4n) is 4.61. The number of rotatable bonds is 8. The number of hydrogen-bond acceptors (Lipinski definition) is 4. The molecule has 1 heterocycles. The van der Waals surface area contributed by atoms with Gasteiger partial charge in [0.25, 0.3) is 5.91 Å². The van der Waals surface area contributed by atoms with Gasteiger partial charge in [-0.3, -0.25) is 9.48 Å². The number of aromatic nitrogens is 2. The second-order valence-electron chi connectivity index (χ2n) is 9.52. The Hall–Kier alpha value is -3.02. The topological polar surface area (TPSA) is 79.9 Å². The number of benzene rings is 1. The van der Waals surface area contributed by atoms with E-state index in [2.05, 4.69) is 23.4 Å². The summed E-state index contributed by atoms with van der Waals surface area (Å²) in [6, 6.07) is 6.89. The number of halogens is 3. The Morgan fingerprint density at radius 2 is 2.00 bits per heavy atom. The smallest absolute Gasteiger partial charge is 0.391 e. The highest BCUT2D eigenvalue weighted by Gasteiger charge is 2.36. The molecule has 1 aromatic carbocycles. The molecular weight excluding hydrogens is 457 g/mol. The van der Waals surface area contributed by atoms with Crippen LogP contribution in [0.25, 0.3) is 11.3 Å². The van der Waals surface area contributed by atoms with E-state index in [9.17, 15) is 23.2 Å². The van der Waals surface area contributed by atoms with E-state index in [-0.39, 0.29) is 17.7 Å². The molecule has 0 aliphatic heterocycles. The van der Waals surface area contributed by atoms with E-state index in [4.69, 9.17) is 4.74 Å². The normalized spacial score (nSPS) is 19.1. The standard InChI is InChI=1S/C26H33F3N4O2/c1-5-33-24(20-11-10-19(13-22(20)35-4)12-17(3)26(27,28)29)21(14-30)23(32-33)25(34)31-15-18-8-6-16(2)7-9-18/h10-11,13,16-18H,5-9,12,15H2,1-4H3,(H,31,34). The number of aryl methyl sites for hydroxylation is 1. The third-order valence-corrected chi connectivity index (χ3v) is 6.89. The first-order chi connectivity index (χ1) is 16.6. The van der Waals surface area contributed by atoms with E-state index in [0.29, 0.717) is 47.5 Å². The van der Waals surface area contributed by atoms with Crippen LogP contribution in [0.3, 0.4) is 0 Å². The number of nitrogens with one attached hydrogen (secondary N) is 1. The Labute approximate surface area is 204 Å². The lowest BCUT2D eigenvalue weighted by atomic mass is 9.83. The molecule has 0 spiro atoms. The maximum Gasteiger partial charge on any atom is 0.391 e. The van der Waals surface area contributed by atoms with Crippen LogP contribution in [0.5, 0.6) is 5.75 Å². The number of nitrogens with zero attached hydrogens (tertiary/aromatic N) is 3. The molecule has 1 aliphatic carbocycles. The lowest BCUT2D eigenvalue weighted by Crippen LogP contribution is -2.31.